The maximum absolute atomic E-state index is 12.5. The summed E-state index contributed by atoms with van der Waals surface area (Å²) in [7, 11) is 3.53. The smallest absolute Gasteiger partial charge is 0.387 e. The molecule has 136 valence electrons. The van der Waals surface area contributed by atoms with Crippen LogP contribution in [0.15, 0.2) is 28.6 Å². The van der Waals surface area contributed by atoms with Crippen molar-refractivity contribution in [2.45, 2.75) is 26.6 Å². The molecule has 0 aliphatic carbocycles. The Balaban J connectivity index is 2.04. The van der Waals surface area contributed by atoms with Gasteiger partial charge >= 0.3 is 6.61 Å². The molecule has 9 heteroatoms. The van der Waals surface area contributed by atoms with Gasteiger partial charge in [-0.1, -0.05) is 11.6 Å². The largest absolute Gasteiger partial charge is 0.434 e. The molecule has 0 saturated heterocycles. The maximum atomic E-state index is 12.5. The normalized spacial score (nSPS) is 11.7. The number of aliphatic imine (C=N–C) groups is 1. The second kappa shape index (κ2) is 8.96. The summed E-state index contributed by atoms with van der Waals surface area (Å²) in [5, 5.41) is 6.56. The number of thiazole rings is 1. The number of hydrogen-bond donors (Lipinski definition) is 1. The number of ether oxygens (including phenoxy) is 1. The zero-order valence-electron chi connectivity index (χ0n) is 14.1. The van der Waals surface area contributed by atoms with E-state index in [9.17, 15) is 8.78 Å². The third kappa shape index (κ3) is 5.82. The molecule has 0 aliphatic rings. The van der Waals surface area contributed by atoms with Crippen LogP contribution in [-0.4, -0.2) is 36.6 Å². The van der Waals surface area contributed by atoms with Crippen molar-refractivity contribution >= 4 is 28.9 Å². The van der Waals surface area contributed by atoms with Crippen molar-refractivity contribution in [2.75, 3.05) is 14.1 Å². The first-order valence-corrected chi connectivity index (χ1v) is 8.71. The highest BCUT2D eigenvalue weighted by molar-refractivity contribution is 7.09. The highest BCUT2D eigenvalue weighted by Gasteiger charge is 2.13. The van der Waals surface area contributed by atoms with Crippen LogP contribution in [-0.2, 0) is 13.1 Å². The molecule has 0 aliphatic heterocycles. The minimum atomic E-state index is -2.89. The van der Waals surface area contributed by atoms with Crippen LogP contribution in [0.4, 0.5) is 8.78 Å². The zero-order chi connectivity index (χ0) is 18.4. The molecule has 0 unspecified atom stereocenters. The second-order valence-corrected chi connectivity index (χ2v) is 6.74. The van der Waals surface area contributed by atoms with Crippen molar-refractivity contribution in [1.29, 1.82) is 0 Å². The highest BCUT2D eigenvalue weighted by atomic mass is 35.5. The standard InChI is InChI=1S/C16H19ClF2N4OS/c1-10-22-13(9-25-10)8-23(3)16(20-2)21-7-11-6-12(17)4-5-14(11)24-15(18)19/h4-6,9,15H,7-8H2,1-3H3,(H,20,21). The topological polar surface area (TPSA) is 49.8 Å². The molecular weight excluding hydrogens is 370 g/mol. The van der Waals surface area contributed by atoms with Crippen molar-refractivity contribution in [3.05, 3.63) is 44.9 Å². The van der Waals surface area contributed by atoms with E-state index in [-0.39, 0.29) is 12.3 Å². The Labute approximate surface area is 154 Å². The van der Waals surface area contributed by atoms with Gasteiger partial charge in [0, 0.05) is 36.6 Å². The van der Waals surface area contributed by atoms with Crippen LogP contribution in [0.2, 0.25) is 5.02 Å². The summed E-state index contributed by atoms with van der Waals surface area (Å²) >= 11 is 7.54. The van der Waals surface area contributed by atoms with E-state index in [0.717, 1.165) is 10.7 Å². The maximum Gasteiger partial charge on any atom is 0.387 e. The van der Waals surface area contributed by atoms with Crippen molar-refractivity contribution in [2.24, 2.45) is 4.99 Å². The van der Waals surface area contributed by atoms with Crippen LogP contribution in [0.3, 0.4) is 0 Å². The predicted molar refractivity (Wildman–Crippen MR) is 96.6 cm³/mol. The summed E-state index contributed by atoms with van der Waals surface area (Å²) in [6.45, 7) is -0.115. The second-order valence-electron chi connectivity index (χ2n) is 5.25. The molecule has 0 bridgehead atoms. The Morgan fingerprint density at radius 3 is 2.84 bits per heavy atom. The fourth-order valence-corrected chi connectivity index (χ4v) is 3.05. The summed E-state index contributed by atoms with van der Waals surface area (Å²) in [6.07, 6.45) is 0. The fraction of sp³-hybridized carbons (Fsp3) is 0.375. The van der Waals surface area contributed by atoms with Gasteiger partial charge in [-0.25, -0.2) is 4.98 Å². The van der Waals surface area contributed by atoms with Crippen molar-refractivity contribution in [3.63, 3.8) is 0 Å². The number of nitrogens with one attached hydrogen (secondary N) is 1. The molecule has 1 heterocycles. The number of aryl methyl sites for hydroxylation is 1. The number of aromatic nitrogens is 1. The number of hydrogen-bond acceptors (Lipinski definition) is 4. The van der Waals surface area contributed by atoms with Crippen LogP contribution in [0.5, 0.6) is 5.75 Å². The first-order valence-electron chi connectivity index (χ1n) is 7.45. The molecule has 5 nitrogen and oxygen atoms in total. The van der Waals surface area contributed by atoms with Crippen LogP contribution < -0.4 is 10.1 Å². The molecule has 1 N–H and O–H groups in total. The number of rotatable bonds is 6. The minimum Gasteiger partial charge on any atom is -0.434 e. The summed E-state index contributed by atoms with van der Waals surface area (Å²) < 4.78 is 29.6. The summed E-state index contributed by atoms with van der Waals surface area (Å²) in [5.74, 6) is 0.689. The zero-order valence-corrected chi connectivity index (χ0v) is 15.7. The molecular formula is C16H19ClF2N4OS. The monoisotopic (exact) mass is 388 g/mol. The van der Waals surface area contributed by atoms with Gasteiger partial charge in [-0.3, -0.25) is 4.99 Å². The third-order valence-corrected chi connectivity index (χ3v) is 4.37. The quantitative estimate of drug-likeness (QED) is 0.602. The molecule has 0 atom stereocenters. The van der Waals surface area contributed by atoms with Crippen LogP contribution in [0.1, 0.15) is 16.3 Å². The van der Waals surface area contributed by atoms with Gasteiger partial charge in [-0.05, 0) is 25.1 Å². The molecule has 0 spiro atoms. The molecule has 0 fully saturated rings. The molecule has 1 aromatic carbocycles. The van der Waals surface area contributed by atoms with E-state index in [1.807, 2.05) is 24.3 Å². The van der Waals surface area contributed by atoms with Crippen LogP contribution in [0.25, 0.3) is 0 Å². The highest BCUT2D eigenvalue weighted by Crippen LogP contribution is 2.24. The molecule has 2 rings (SSSR count). The lowest BCUT2D eigenvalue weighted by molar-refractivity contribution is -0.0504. The lowest BCUT2D eigenvalue weighted by Crippen LogP contribution is -2.38. The number of halogens is 3. The number of nitrogens with zero attached hydrogens (tertiary/aromatic N) is 3. The molecule has 0 radical (unpaired) electrons. The Bertz CT molecular complexity index is 739. The van der Waals surface area contributed by atoms with Crippen molar-refractivity contribution in [1.82, 2.24) is 15.2 Å². The van der Waals surface area contributed by atoms with Gasteiger partial charge in [0.1, 0.15) is 5.75 Å². The summed E-state index contributed by atoms with van der Waals surface area (Å²) in [6, 6.07) is 4.52. The van der Waals surface area contributed by atoms with Gasteiger partial charge in [0.25, 0.3) is 0 Å². The molecule has 1 aromatic heterocycles. The summed E-state index contributed by atoms with van der Waals surface area (Å²) in [4.78, 5) is 10.5. The van der Waals surface area contributed by atoms with Crippen LogP contribution >= 0.6 is 22.9 Å². The van der Waals surface area contributed by atoms with E-state index in [4.69, 9.17) is 11.6 Å². The fourth-order valence-electron chi connectivity index (χ4n) is 2.25. The first-order chi connectivity index (χ1) is 11.9. The molecule has 0 saturated carbocycles. The van der Waals surface area contributed by atoms with E-state index in [2.05, 4.69) is 20.0 Å². The van der Waals surface area contributed by atoms with Crippen molar-refractivity contribution < 1.29 is 13.5 Å². The predicted octanol–water partition coefficient (Wildman–Crippen LogP) is 3.91. The van der Waals surface area contributed by atoms with E-state index < -0.39 is 6.61 Å². The molecule has 2 aromatic rings. The van der Waals surface area contributed by atoms with E-state index in [1.165, 1.54) is 12.1 Å². The van der Waals surface area contributed by atoms with Crippen LogP contribution in [0, 0.1) is 6.92 Å². The van der Waals surface area contributed by atoms with Gasteiger partial charge in [0.2, 0.25) is 0 Å². The number of guanidine groups is 1. The third-order valence-electron chi connectivity index (χ3n) is 3.31. The lowest BCUT2D eigenvalue weighted by atomic mass is 10.2. The minimum absolute atomic E-state index is 0.0835. The first kappa shape index (κ1) is 19.4. The van der Waals surface area contributed by atoms with Gasteiger partial charge < -0.3 is 15.0 Å². The Morgan fingerprint density at radius 2 is 2.24 bits per heavy atom. The van der Waals surface area contributed by atoms with Crippen molar-refractivity contribution in [3.8, 4) is 5.75 Å². The van der Waals surface area contributed by atoms with Gasteiger partial charge in [0.05, 0.1) is 17.2 Å². The number of benzene rings is 1. The Kier molecular flexibility index (Phi) is 6.95. The Hall–Kier alpha value is -1.93. The van der Waals surface area contributed by atoms with Gasteiger partial charge in [0.15, 0.2) is 5.96 Å². The average molecular weight is 389 g/mol. The van der Waals surface area contributed by atoms with E-state index >= 15 is 0 Å². The van der Waals surface area contributed by atoms with E-state index in [0.29, 0.717) is 23.1 Å². The average Bonchev–Trinajstić information content (AvgIpc) is 2.95. The Morgan fingerprint density at radius 1 is 1.48 bits per heavy atom. The SMILES string of the molecule is CN=C(NCc1cc(Cl)ccc1OC(F)F)N(C)Cc1csc(C)n1. The number of alkyl halides is 2. The summed E-state index contributed by atoms with van der Waals surface area (Å²) in [5.41, 5.74) is 1.46. The van der Waals surface area contributed by atoms with E-state index in [1.54, 1.807) is 24.5 Å². The molecule has 0 amide bonds. The van der Waals surface area contributed by atoms with Gasteiger partial charge in [-0.15, -0.1) is 11.3 Å². The van der Waals surface area contributed by atoms with Gasteiger partial charge in [-0.2, -0.15) is 8.78 Å². The lowest BCUT2D eigenvalue weighted by Gasteiger charge is -2.22. The molecule has 25 heavy (non-hydrogen) atoms.